The molecule has 0 bridgehead atoms. The SMILES string of the molecule is CC(C)C=C(C#N)C(=O)N1CCC[C@@H]1CNC(=O)N[C@@H](Cc1ccccc1)OB(O)O. The number of urea groups is 1. The second-order valence-electron chi connectivity index (χ2n) is 7.73. The molecule has 1 aliphatic rings. The van der Waals surface area contributed by atoms with E-state index in [9.17, 15) is 14.9 Å². The summed E-state index contributed by atoms with van der Waals surface area (Å²) in [6, 6.07) is 10.4. The number of rotatable bonds is 9. The second-order valence-corrected chi connectivity index (χ2v) is 7.73. The van der Waals surface area contributed by atoms with E-state index in [1.807, 2.05) is 50.2 Å². The van der Waals surface area contributed by atoms with E-state index in [4.69, 9.17) is 14.7 Å². The van der Waals surface area contributed by atoms with Gasteiger partial charge in [0.05, 0.1) is 0 Å². The molecule has 9 nitrogen and oxygen atoms in total. The lowest BCUT2D eigenvalue weighted by Gasteiger charge is -2.26. The molecule has 1 aliphatic heterocycles. The zero-order valence-electron chi connectivity index (χ0n) is 17.8. The Hall–Kier alpha value is -2.87. The Morgan fingerprint density at radius 3 is 2.68 bits per heavy atom. The molecular weight excluding hydrogens is 399 g/mol. The van der Waals surface area contributed by atoms with Gasteiger partial charge in [-0.3, -0.25) is 4.79 Å². The number of benzene rings is 1. The first-order chi connectivity index (χ1) is 14.8. The topological polar surface area (TPSA) is 135 Å². The number of amides is 3. The van der Waals surface area contributed by atoms with Crippen LogP contribution in [0, 0.1) is 17.2 Å². The van der Waals surface area contributed by atoms with Gasteiger partial charge in [-0.25, -0.2) is 4.79 Å². The number of nitriles is 1. The van der Waals surface area contributed by atoms with Gasteiger partial charge in [-0.2, -0.15) is 5.26 Å². The van der Waals surface area contributed by atoms with E-state index in [2.05, 4.69) is 10.6 Å². The molecule has 1 fully saturated rings. The molecular formula is C21H29BN4O5. The molecule has 0 spiro atoms. The summed E-state index contributed by atoms with van der Waals surface area (Å²) in [7, 11) is -2.03. The zero-order chi connectivity index (χ0) is 22.8. The molecule has 2 atom stereocenters. The van der Waals surface area contributed by atoms with Crippen LogP contribution >= 0.6 is 0 Å². The van der Waals surface area contributed by atoms with E-state index >= 15 is 0 Å². The van der Waals surface area contributed by atoms with Crippen molar-refractivity contribution in [2.45, 2.75) is 45.4 Å². The molecule has 0 unspecified atom stereocenters. The normalized spacial score (nSPS) is 17.2. The number of nitrogens with zero attached hydrogens (tertiary/aromatic N) is 2. The lowest BCUT2D eigenvalue weighted by molar-refractivity contribution is -0.127. The first kappa shape index (κ1) is 24.4. The predicted octanol–water partition coefficient (Wildman–Crippen LogP) is 0.937. The number of likely N-dealkylation sites (tertiary alicyclic amines) is 1. The quantitative estimate of drug-likeness (QED) is 0.200. The Kier molecular flexibility index (Phi) is 9.53. The van der Waals surface area contributed by atoms with Crippen LogP contribution in [0.25, 0.3) is 0 Å². The van der Waals surface area contributed by atoms with Gasteiger partial charge >= 0.3 is 13.4 Å². The zero-order valence-corrected chi connectivity index (χ0v) is 17.8. The molecule has 1 aromatic rings. The first-order valence-corrected chi connectivity index (χ1v) is 10.3. The lowest BCUT2D eigenvalue weighted by atomic mass is 10.1. The maximum absolute atomic E-state index is 12.7. The highest BCUT2D eigenvalue weighted by Gasteiger charge is 2.31. The van der Waals surface area contributed by atoms with Gasteiger partial charge in [0.25, 0.3) is 5.91 Å². The van der Waals surface area contributed by atoms with Crippen molar-refractivity contribution in [3.63, 3.8) is 0 Å². The van der Waals surface area contributed by atoms with Crippen LogP contribution in [0.15, 0.2) is 42.0 Å². The van der Waals surface area contributed by atoms with Gasteiger partial charge < -0.3 is 30.2 Å². The van der Waals surface area contributed by atoms with E-state index in [1.165, 1.54) is 0 Å². The van der Waals surface area contributed by atoms with Crippen LogP contribution in [0.4, 0.5) is 4.79 Å². The Morgan fingerprint density at radius 1 is 1.35 bits per heavy atom. The highest BCUT2D eigenvalue weighted by Crippen LogP contribution is 2.19. The smallest absolute Gasteiger partial charge is 0.402 e. The molecule has 166 valence electrons. The molecule has 0 radical (unpaired) electrons. The molecule has 2 rings (SSSR count). The van der Waals surface area contributed by atoms with Crippen LogP contribution in [0.5, 0.6) is 0 Å². The van der Waals surface area contributed by atoms with E-state index in [0.29, 0.717) is 13.0 Å². The fraction of sp³-hybridized carbons (Fsp3) is 0.476. The van der Waals surface area contributed by atoms with Crippen molar-refractivity contribution in [3.05, 3.63) is 47.5 Å². The lowest BCUT2D eigenvalue weighted by Crippen LogP contribution is -2.50. The van der Waals surface area contributed by atoms with Crippen LogP contribution in [0.1, 0.15) is 32.3 Å². The van der Waals surface area contributed by atoms with Gasteiger partial charge in [0.15, 0.2) is 0 Å². The van der Waals surface area contributed by atoms with E-state index < -0.39 is 19.6 Å². The molecule has 3 amide bonds. The summed E-state index contributed by atoms with van der Waals surface area (Å²) in [5, 5.41) is 32.8. The Morgan fingerprint density at radius 2 is 2.06 bits per heavy atom. The van der Waals surface area contributed by atoms with Crippen LogP contribution in [-0.2, 0) is 15.9 Å². The number of nitrogens with one attached hydrogen (secondary N) is 2. The van der Waals surface area contributed by atoms with Crippen molar-refractivity contribution in [1.82, 2.24) is 15.5 Å². The molecule has 1 aromatic carbocycles. The minimum atomic E-state index is -2.03. The highest BCUT2D eigenvalue weighted by molar-refractivity contribution is 6.32. The van der Waals surface area contributed by atoms with Crippen molar-refractivity contribution >= 4 is 19.3 Å². The van der Waals surface area contributed by atoms with E-state index in [0.717, 1.165) is 12.0 Å². The maximum Gasteiger partial charge on any atom is 0.635 e. The Balaban J connectivity index is 1.93. The fourth-order valence-electron chi connectivity index (χ4n) is 3.48. The maximum atomic E-state index is 12.7. The minimum absolute atomic E-state index is 0.0759. The van der Waals surface area contributed by atoms with Crippen molar-refractivity contribution in [3.8, 4) is 6.07 Å². The molecule has 0 aromatic heterocycles. The summed E-state index contributed by atoms with van der Waals surface area (Å²) in [4.78, 5) is 26.7. The summed E-state index contributed by atoms with van der Waals surface area (Å²) in [6.07, 6.45) is 2.43. The van der Waals surface area contributed by atoms with Crippen LogP contribution < -0.4 is 10.6 Å². The third-order valence-corrected chi connectivity index (χ3v) is 4.83. The number of allylic oxidation sites excluding steroid dienone is 1. The predicted molar refractivity (Wildman–Crippen MR) is 115 cm³/mol. The summed E-state index contributed by atoms with van der Waals surface area (Å²) in [6.45, 7) is 4.53. The van der Waals surface area contributed by atoms with Crippen molar-refractivity contribution < 1.29 is 24.3 Å². The average Bonchev–Trinajstić information content (AvgIpc) is 3.18. The number of carbonyl (C=O) groups excluding carboxylic acids is 2. The molecule has 4 N–H and O–H groups in total. The van der Waals surface area contributed by atoms with Crippen molar-refractivity contribution in [1.29, 1.82) is 5.26 Å². The molecule has 1 heterocycles. The monoisotopic (exact) mass is 428 g/mol. The molecule has 10 heteroatoms. The second kappa shape index (κ2) is 12.1. The van der Waals surface area contributed by atoms with Crippen molar-refractivity contribution in [2.24, 2.45) is 5.92 Å². The first-order valence-electron chi connectivity index (χ1n) is 10.3. The van der Waals surface area contributed by atoms with Crippen LogP contribution in [-0.4, -0.2) is 59.6 Å². The Bertz CT molecular complexity index is 810. The standard InChI is InChI=1S/C21H29BN4O5/c1-15(2)11-17(13-23)20(27)26-10-6-9-18(26)14-24-21(28)25-19(31-22(29)30)12-16-7-4-3-5-8-16/h3-5,7-8,11,15,18-19,29-30H,6,9-10,12,14H2,1-2H3,(H2,24,25,28)/t18-,19-/m1/s1. The highest BCUT2D eigenvalue weighted by atomic mass is 16.6. The summed E-state index contributed by atoms with van der Waals surface area (Å²) in [5.41, 5.74) is 0.960. The fourth-order valence-corrected chi connectivity index (χ4v) is 3.48. The summed E-state index contributed by atoms with van der Waals surface area (Å²) < 4.78 is 4.97. The number of hydrogen-bond donors (Lipinski definition) is 4. The van der Waals surface area contributed by atoms with Gasteiger partial charge in [-0.15, -0.1) is 0 Å². The van der Waals surface area contributed by atoms with Gasteiger partial charge in [-0.05, 0) is 24.3 Å². The minimum Gasteiger partial charge on any atom is -0.402 e. The van der Waals surface area contributed by atoms with Crippen LogP contribution in [0.3, 0.4) is 0 Å². The van der Waals surface area contributed by atoms with Crippen LogP contribution in [0.2, 0.25) is 0 Å². The van der Waals surface area contributed by atoms with Gasteiger partial charge in [0.1, 0.15) is 17.9 Å². The molecule has 1 saturated heterocycles. The number of hydrogen-bond acceptors (Lipinski definition) is 6. The molecule has 0 aliphatic carbocycles. The summed E-state index contributed by atoms with van der Waals surface area (Å²) >= 11 is 0. The molecule has 0 saturated carbocycles. The molecule has 31 heavy (non-hydrogen) atoms. The number of carbonyl (C=O) groups is 2. The summed E-state index contributed by atoms with van der Waals surface area (Å²) in [5.74, 6) is -0.249. The Labute approximate surface area is 182 Å². The van der Waals surface area contributed by atoms with Gasteiger partial charge in [-0.1, -0.05) is 50.3 Å². The van der Waals surface area contributed by atoms with Gasteiger partial charge in [0.2, 0.25) is 0 Å². The van der Waals surface area contributed by atoms with E-state index in [-0.39, 0.29) is 36.4 Å². The van der Waals surface area contributed by atoms with E-state index in [1.54, 1.807) is 11.0 Å². The van der Waals surface area contributed by atoms with Crippen molar-refractivity contribution in [2.75, 3.05) is 13.1 Å². The third-order valence-electron chi connectivity index (χ3n) is 4.83. The third kappa shape index (κ3) is 8.05. The van der Waals surface area contributed by atoms with Gasteiger partial charge in [0, 0.05) is 25.6 Å². The average molecular weight is 428 g/mol. The largest absolute Gasteiger partial charge is 0.635 e.